The Morgan fingerprint density at radius 3 is 2.37 bits per heavy atom. The second-order valence-electron chi connectivity index (χ2n) is 4.43. The molecule has 2 aromatic rings. The molecule has 1 atom stereocenters. The number of aromatic hydroxyl groups is 1. The number of nitrogens with one attached hydrogen (secondary N) is 1. The Morgan fingerprint density at radius 2 is 1.68 bits per heavy atom. The van der Waals surface area contributed by atoms with Crippen molar-refractivity contribution in [2.24, 2.45) is 0 Å². The first-order valence-electron chi connectivity index (χ1n) is 6.02. The maximum Gasteiger partial charge on any atom is 0.123 e. The smallest absolute Gasteiger partial charge is 0.123 e. The van der Waals surface area contributed by atoms with Crippen molar-refractivity contribution in [2.75, 3.05) is 0 Å². The minimum Gasteiger partial charge on any atom is -0.508 e. The molecule has 0 amide bonds. The summed E-state index contributed by atoms with van der Waals surface area (Å²) < 4.78 is 25.9. The van der Waals surface area contributed by atoms with E-state index >= 15 is 0 Å². The summed E-state index contributed by atoms with van der Waals surface area (Å²) in [5, 5.41) is 12.8. The van der Waals surface area contributed by atoms with Gasteiger partial charge >= 0.3 is 0 Å². The van der Waals surface area contributed by atoms with E-state index in [9.17, 15) is 13.9 Å². The van der Waals surface area contributed by atoms with Gasteiger partial charge in [-0.1, -0.05) is 12.1 Å². The minimum atomic E-state index is -0.385. The molecule has 0 saturated carbocycles. The van der Waals surface area contributed by atoms with E-state index < -0.39 is 0 Å². The van der Waals surface area contributed by atoms with E-state index in [4.69, 9.17) is 0 Å². The molecule has 0 aliphatic rings. The summed E-state index contributed by atoms with van der Waals surface area (Å²) in [6.45, 7) is 2.26. The van der Waals surface area contributed by atoms with Crippen molar-refractivity contribution in [3.63, 3.8) is 0 Å². The lowest BCUT2D eigenvalue weighted by Crippen LogP contribution is -2.18. The van der Waals surface area contributed by atoms with Gasteiger partial charge in [-0.3, -0.25) is 0 Å². The minimum absolute atomic E-state index is 0.0248. The molecule has 0 aliphatic carbocycles. The number of phenolic OH excluding ortho intramolecular Hbond substituents is 1. The summed E-state index contributed by atoms with van der Waals surface area (Å²) in [4.78, 5) is 0. The maximum atomic E-state index is 13.1. The SMILES string of the molecule is C[C@@H](NCc1cc(F)ccc1O)c1ccc(F)cc1. The largest absolute Gasteiger partial charge is 0.508 e. The number of benzene rings is 2. The van der Waals surface area contributed by atoms with E-state index in [2.05, 4.69) is 5.32 Å². The van der Waals surface area contributed by atoms with Crippen LogP contribution >= 0.6 is 0 Å². The zero-order valence-electron chi connectivity index (χ0n) is 10.5. The molecule has 19 heavy (non-hydrogen) atoms. The molecule has 0 aromatic heterocycles. The van der Waals surface area contributed by atoms with E-state index in [0.717, 1.165) is 5.56 Å². The second kappa shape index (κ2) is 5.80. The molecule has 0 heterocycles. The number of hydrogen-bond acceptors (Lipinski definition) is 2. The molecule has 0 saturated heterocycles. The highest BCUT2D eigenvalue weighted by Crippen LogP contribution is 2.19. The van der Waals surface area contributed by atoms with Crippen LogP contribution in [-0.4, -0.2) is 5.11 Å². The molecular formula is C15H15F2NO. The number of hydrogen-bond donors (Lipinski definition) is 2. The van der Waals surface area contributed by atoms with Crippen LogP contribution in [0.5, 0.6) is 5.75 Å². The van der Waals surface area contributed by atoms with Gasteiger partial charge in [-0.15, -0.1) is 0 Å². The van der Waals surface area contributed by atoms with Crippen LogP contribution in [0.4, 0.5) is 8.78 Å². The molecule has 4 heteroatoms. The standard InChI is InChI=1S/C15H15F2NO/c1-10(11-2-4-13(16)5-3-11)18-9-12-8-14(17)6-7-15(12)19/h2-8,10,18-19H,9H2,1H3/t10-/m1/s1. The summed E-state index contributed by atoms with van der Waals surface area (Å²) in [7, 11) is 0. The third kappa shape index (κ3) is 3.51. The van der Waals surface area contributed by atoms with Gasteiger partial charge in [0.1, 0.15) is 17.4 Å². The normalized spacial score (nSPS) is 12.4. The van der Waals surface area contributed by atoms with Crippen LogP contribution < -0.4 is 5.32 Å². The third-order valence-electron chi connectivity index (χ3n) is 3.01. The average molecular weight is 263 g/mol. The van der Waals surface area contributed by atoms with Crippen LogP contribution in [0.3, 0.4) is 0 Å². The van der Waals surface area contributed by atoms with Crippen molar-refractivity contribution in [1.29, 1.82) is 0 Å². The first kappa shape index (κ1) is 13.5. The quantitative estimate of drug-likeness (QED) is 0.884. The Morgan fingerprint density at radius 1 is 1.05 bits per heavy atom. The Hall–Kier alpha value is -1.94. The molecule has 2 aromatic carbocycles. The Kier molecular flexibility index (Phi) is 4.12. The van der Waals surface area contributed by atoms with Crippen molar-refractivity contribution in [3.8, 4) is 5.75 Å². The molecule has 2 rings (SSSR count). The number of rotatable bonds is 4. The van der Waals surface area contributed by atoms with Gasteiger partial charge in [0.15, 0.2) is 0 Å². The fourth-order valence-corrected chi connectivity index (χ4v) is 1.83. The molecule has 0 bridgehead atoms. The van der Waals surface area contributed by atoms with Crippen LogP contribution in [0.1, 0.15) is 24.1 Å². The third-order valence-corrected chi connectivity index (χ3v) is 3.01. The first-order chi connectivity index (χ1) is 9.06. The predicted octanol–water partition coefficient (Wildman–Crippen LogP) is 3.52. The maximum absolute atomic E-state index is 13.1. The summed E-state index contributed by atoms with van der Waals surface area (Å²) in [5.74, 6) is -0.608. The summed E-state index contributed by atoms with van der Waals surface area (Å²) in [6, 6.07) is 9.98. The first-order valence-corrected chi connectivity index (χ1v) is 6.02. The molecule has 2 nitrogen and oxygen atoms in total. The van der Waals surface area contributed by atoms with E-state index in [0.29, 0.717) is 12.1 Å². The van der Waals surface area contributed by atoms with Crippen LogP contribution in [0.2, 0.25) is 0 Å². The predicted molar refractivity (Wildman–Crippen MR) is 69.7 cm³/mol. The van der Waals surface area contributed by atoms with Crippen molar-refractivity contribution in [3.05, 3.63) is 65.2 Å². The summed E-state index contributed by atoms with van der Waals surface area (Å²) in [5.41, 5.74) is 1.42. The molecule has 0 unspecified atom stereocenters. The molecule has 0 spiro atoms. The zero-order chi connectivity index (χ0) is 13.8. The van der Waals surface area contributed by atoms with Crippen LogP contribution in [0.25, 0.3) is 0 Å². The van der Waals surface area contributed by atoms with E-state index in [-0.39, 0.29) is 23.4 Å². The average Bonchev–Trinajstić information content (AvgIpc) is 2.40. The van der Waals surface area contributed by atoms with Crippen molar-refractivity contribution < 1.29 is 13.9 Å². The summed E-state index contributed by atoms with van der Waals surface area (Å²) in [6.07, 6.45) is 0. The highest BCUT2D eigenvalue weighted by molar-refractivity contribution is 5.32. The molecule has 2 N–H and O–H groups in total. The van der Waals surface area contributed by atoms with Gasteiger partial charge < -0.3 is 10.4 Å². The van der Waals surface area contributed by atoms with Gasteiger partial charge in [0.25, 0.3) is 0 Å². The van der Waals surface area contributed by atoms with Crippen LogP contribution in [0, 0.1) is 11.6 Å². The molecular weight excluding hydrogens is 248 g/mol. The van der Waals surface area contributed by atoms with E-state index in [1.807, 2.05) is 6.92 Å². The van der Waals surface area contributed by atoms with Gasteiger partial charge in [0.2, 0.25) is 0 Å². The lowest BCUT2D eigenvalue weighted by atomic mass is 10.1. The topological polar surface area (TPSA) is 32.3 Å². The van der Waals surface area contributed by atoms with Gasteiger partial charge in [-0.05, 0) is 42.8 Å². The van der Waals surface area contributed by atoms with Crippen molar-refractivity contribution >= 4 is 0 Å². The fourth-order valence-electron chi connectivity index (χ4n) is 1.83. The Balaban J connectivity index is 2.02. The monoisotopic (exact) mass is 263 g/mol. The van der Waals surface area contributed by atoms with Crippen molar-refractivity contribution in [2.45, 2.75) is 19.5 Å². The Labute approximate surface area is 110 Å². The van der Waals surface area contributed by atoms with E-state index in [1.54, 1.807) is 12.1 Å². The molecule has 0 radical (unpaired) electrons. The van der Waals surface area contributed by atoms with Gasteiger partial charge in [-0.25, -0.2) is 8.78 Å². The van der Waals surface area contributed by atoms with Crippen molar-refractivity contribution in [1.82, 2.24) is 5.32 Å². The second-order valence-corrected chi connectivity index (χ2v) is 4.43. The Bertz CT molecular complexity index is 555. The molecule has 100 valence electrons. The number of phenols is 1. The van der Waals surface area contributed by atoms with Gasteiger partial charge in [-0.2, -0.15) is 0 Å². The van der Waals surface area contributed by atoms with E-state index in [1.165, 1.54) is 30.3 Å². The van der Waals surface area contributed by atoms with Gasteiger partial charge in [0.05, 0.1) is 0 Å². The van der Waals surface area contributed by atoms with Crippen LogP contribution in [-0.2, 0) is 6.54 Å². The lowest BCUT2D eigenvalue weighted by molar-refractivity contribution is 0.457. The lowest BCUT2D eigenvalue weighted by Gasteiger charge is -2.15. The highest BCUT2D eigenvalue weighted by atomic mass is 19.1. The number of halogens is 2. The fraction of sp³-hybridized carbons (Fsp3) is 0.200. The summed E-state index contributed by atoms with van der Waals surface area (Å²) >= 11 is 0. The van der Waals surface area contributed by atoms with Crippen LogP contribution in [0.15, 0.2) is 42.5 Å². The highest BCUT2D eigenvalue weighted by Gasteiger charge is 2.07. The molecule has 0 fully saturated rings. The van der Waals surface area contributed by atoms with Gasteiger partial charge in [0, 0.05) is 18.2 Å². The molecule has 0 aliphatic heterocycles. The zero-order valence-corrected chi connectivity index (χ0v) is 10.5.